The Kier molecular flexibility index (Phi) is 9.89. The minimum Gasteiger partial charge on any atom is -0.310 e. The van der Waals surface area contributed by atoms with E-state index in [0.717, 1.165) is 33.9 Å². The van der Waals surface area contributed by atoms with Crippen molar-refractivity contribution in [3.05, 3.63) is 267 Å². The molecule has 0 aliphatic rings. The molecule has 0 N–H and O–H groups in total. The molecule has 11 aromatic carbocycles. The highest BCUT2D eigenvalue weighted by atomic mass is 15.1. The van der Waals surface area contributed by atoms with E-state index in [0.29, 0.717) is 0 Å². The Balaban J connectivity index is 0.949. The van der Waals surface area contributed by atoms with Crippen LogP contribution in [0, 0.1) is 0 Å². The Hall–Kier alpha value is -8.72. The van der Waals surface area contributed by atoms with Gasteiger partial charge in [0.15, 0.2) is 0 Å². The molecule has 0 amide bonds. The fourth-order valence-corrected chi connectivity index (χ4v) is 9.63. The maximum atomic E-state index is 2.42. The lowest BCUT2D eigenvalue weighted by molar-refractivity contribution is 1.18. The first kappa shape index (κ1) is 38.9. The van der Waals surface area contributed by atoms with Gasteiger partial charge in [0.25, 0.3) is 0 Å². The number of para-hydroxylation sites is 2. The Morgan fingerprint density at radius 1 is 0.227 bits per heavy atom. The lowest BCUT2D eigenvalue weighted by Gasteiger charge is -2.26. The van der Waals surface area contributed by atoms with E-state index in [1.54, 1.807) is 0 Å². The van der Waals surface area contributed by atoms with E-state index in [1.807, 2.05) is 0 Å². The first-order valence-corrected chi connectivity index (χ1v) is 22.7. The zero-order valence-electron chi connectivity index (χ0n) is 36.3. The van der Waals surface area contributed by atoms with Gasteiger partial charge in [0, 0.05) is 33.5 Å². The summed E-state index contributed by atoms with van der Waals surface area (Å²) in [4.78, 5) is 2.38. The Labute approximate surface area is 385 Å². The third-order valence-electron chi connectivity index (χ3n) is 13.0. The van der Waals surface area contributed by atoms with Gasteiger partial charge < -0.3 is 9.47 Å². The molecule has 0 aliphatic heterocycles. The van der Waals surface area contributed by atoms with Crippen LogP contribution in [0.5, 0.6) is 0 Å². The Morgan fingerprint density at radius 2 is 0.576 bits per heavy atom. The van der Waals surface area contributed by atoms with Crippen molar-refractivity contribution in [3.63, 3.8) is 0 Å². The third kappa shape index (κ3) is 7.31. The average molecular weight is 841 g/mol. The Bertz CT molecular complexity index is 3590. The van der Waals surface area contributed by atoms with E-state index >= 15 is 0 Å². The van der Waals surface area contributed by atoms with E-state index in [9.17, 15) is 0 Å². The fraction of sp³-hybridized carbons (Fsp3) is 0. The zero-order valence-corrected chi connectivity index (χ0v) is 36.3. The molecule has 66 heavy (non-hydrogen) atoms. The third-order valence-corrected chi connectivity index (χ3v) is 13.0. The molecular formula is C64H44N2. The van der Waals surface area contributed by atoms with Crippen LogP contribution in [0.25, 0.3) is 93.9 Å². The lowest BCUT2D eigenvalue weighted by Crippen LogP contribution is -2.09. The first-order valence-electron chi connectivity index (χ1n) is 22.7. The maximum absolute atomic E-state index is 2.42. The van der Waals surface area contributed by atoms with Crippen LogP contribution in [-0.2, 0) is 0 Å². The zero-order chi connectivity index (χ0) is 43.8. The molecule has 2 heteroatoms. The molecule has 12 aromatic rings. The second-order valence-corrected chi connectivity index (χ2v) is 17.0. The molecule has 1 aromatic heterocycles. The summed E-state index contributed by atoms with van der Waals surface area (Å²) in [6, 6.07) is 96.9. The summed E-state index contributed by atoms with van der Waals surface area (Å²) in [6.45, 7) is 0. The highest BCUT2D eigenvalue weighted by Gasteiger charge is 2.17. The number of nitrogens with zero attached hydrogens (tertiary/aromatic N) is 2. The van der Waals surface area contributed by atoms with E-state index in [1.165, 1.54) is 77.1 Å². The molecule has 310 valence electrons. The number of benzene rings is 11. The summed E-state index contributed by atoms with van der Waals surface area (Å²) in [5.74, 6) is 0. The van der Waals surface area contributed by atoms with Gasteiger partial charge in [-0.1, -0.05) is 194 Å². The standard InChI is InChI=1S/C64H44N2/c1-4-14-45(15-5-1)48-24-26-49(27-25-48)50-30-35-57(36-31-50)65(59-39-34-53-40-52(28-29-54(53)42-59)46-16-6-2-7-17-46)58-37-32-51(33-38-58)56-41-55(47-18-8-3-9-19-47)43-60(44-56)66-63-22-12-10-20-61(63)62-21-11-13-23-64(62)66/h1-44H. The van der Waals surface area contributed by atoms with Gasteiger partial charge in [-0.25, -0.2) is 0 Å². The SMILES string of the molecule is c1ccc(-c2ccc(-c3ccc(N(c4ccc(-c5cc(-c6ccccc6)cc(-n6c7ccccc7c7ccccc76)c5)cc4)c4ccc5cc(-c6ccccc6)ccc5c4)cc3)cc2)cc1. The average Bonchev–Trinajstić information content (AvgIpc) is 3.74. The number of fused-ring (bicyclic) bond motifs is 4. The van der Waals surface area contributed by atoms with Gasteiger partial charge in [0.2, 0.25) is 0 Å². The summed E-state index contributed by atoms with van der Waals surface area (Å²) >= 11 is 0. The van der Waals surface area contributed by atoms with Crippen molar-refractivity contribution in [3.8, 4) is 61.3 Å². The predicted molar refractivity (Wildman–Crippen MR) is 280 cm³/mol. The number of rotatable bonds is 9. The van der Waals surface area contributed by atoms with Gasteiger partial charge in [-0.05, 0) is 139 Å². The molecule has 0 fully saturated rings. The van der Waals surface area contributed by atoms with Gasteiger partial charge in [-0.3, -0.25) is 0 Å². The van der Waals surface area contributed by atoms with Crippen LogP contribution in [0.15, 0.2) is 267 Å². The van der Waals surface area contributed by atoms with Crippen molar-refractivity contribution in [2.45, 2.75) is 0 Å². The molecule has 0 spiro atoms. The van der Waals surface area contributed by atoms with Crippen LogP contribution >= 0.6 is 0 Å². The number of anilines is 3. The van der Waals surface area contributed by atoms with Crippen molar-refractivity contribution >= 4 is 49.6 Å². The number of hydrogen-bond acceptors (Lipinski definition) is 1. The van der Waals surface area contributed by atoms with Crippen LogP contribution in [-0.4, -0.2) is 4.57 Å². The molecule has 0 atom stereocenters. The second kappa shape index (κ2) is 16.8. The summed E-state index contributed by atoms with van der Waals surface area (Å²) in [5, 5.41) is 4.91. The normalized spacial score (nSPS) is 11.3. The van der Waals surface area contributed by atoms with E-state index in [4.69, 9.17) is 0 Å². The van der Waals surface area contributed by atoms with E-state index < -0.39 is 0 Å². The molecule has 12 rings (SSSR count). The summed E-state index contributed by atoms with van der Waals surface area (Å²) < 4.78 is 2.42. The highest BCUT2D eigenvalue weighted by molar-refractivity contribution is 6.09. The van der Waals surface area contributed by atoms with Crippen molar-refractivity contribution in [2.75, 3.05) is 4.90 Å². The molecule has 0 bridgehead atoms. The minimum atomic E-state index is 1.08. The van der Waals surface area contributed by atoms with Crippen LogP contribution in [0.2, 0.25) is 0 Å². The van der Waals surface area contributed by atoms with Crippen molar-refractivity contribution in [1.29, 1.82) is 0 Å². The fourth-order valence-electron chi connectivity index (χ4n) is 9.63. The molecule has 0 radical (unpaired) electrons. The van der Waals surface area contributed by atoms with Gasteiger partial charge >= 0.3 is 0 Å². The van der Waals surface area contributed by atoms with Gasteiger partial charge in [0.1, 0.15) is 0 Å². The summed E-state index contributed by atoms with van der Waals surface area (Å²) in [7, 11) is 0. The monoisotopic (exact) mass is 840 g/mol. The molecule has 0 saturated carbocycles. The number of hydrogen-bond donors (Lipinski definition) is 0. The largest absolute Gasteiger partial charge is 0.310 e. The van der Waals surface area contributed by atoms with Crippen LogP contribution in [0.1, 0.15) is 0 Å². The van der Waals surface area contributed by atoms with Crippen molar-refractivity contribution < 1.29 is 0 Å². The summed E-state index contributed by atoms with van der Waals surface area (Å²) in [6.07, 6.45) is 0. The van der Waals surface area contributed by atoms with Gasteiger partial charge in [-0.2, -0.15) is 0 Å². The first-order chi connectivity index (χ1) is 32.7. The molecule has 1 heterocycles. The molecular weight excluding hydrogens is 797 g/mol. The van der Waals surface area contributed by atoms with E-state index in [-0.39, 0.29) is 0 Å². The van der Waals surface area contributed by atoms with Crippen LogP contribution < -0.4 is 4.90 Å². The topological polar surface area (TPSA) is 8.17 Å². The highest BCUT2D eigenvalue weighted by Crippen LogP contribution is 2.41. The molecule has 0 aliphatic carbocycles. The van der Waals surface area contributed by atoms with Gasteiger partial charge in [0.05, 0.1) is 11.0 Å². The van der Waals surface area contributed by atoms with Crippen molar-refractivity contribution in [2.24, 2.45) is 0 Å². The maximum Gasteiger partial charge on any atom is 0.0541 e. The van der Waals surface area contributed by atoms with E-state index in [2.05, 4.69) is 276 Å². The molecule has 0 unspecified atom stereocenters. The molecule has 0 saturated heterocycles. The summed E-state index contributed by atoms with van der Waals surface area (Å²) in [5.41, 5.74) is 18.7. The van der Waals surface area contributed by atoms with Gasteiger partial charge in [-0.15, -0.1) is 0 Å². The quantitative estimate of drug-likeness (QED) is 0.141. The minimum absolute atomic E-state index is 1.08. The Morgan fingerprint density at radius 3 is 1.09 bits per heavy atom. The van der Waals surface area contributed by atoms with Crippen LogP contribution in [0.3, 0.4) is 0 Å². The number of aromatic nitrogens is 1. The van der Waals surface area contributed by atoms with Crippen molar-refractivity contribution in [1.82, 2.24) is 4.57 Å². The van der Waals surface area contributed by atoms with Crippen LogP contribution in [0.4, 0.5) is 17.1 Å². The second-order valence-electron chi connectivity index (χ2n) is 17.0. The predicted octanol–water partition coefficient (Wildman–Crippen LogP) is 17.7. The smallest absolute Gasteiger partial charge is 0.0541 e. The molecule has 2 nitrogen and oxygen atoms in total. The lowest BCUT2D eigenvalue weighted by atomic mass is 9.97.